The van der Waals surface area contributed by atoms with Gasteiger partial charge >= 0.3 is 7.60 Å². The van der Waals surface area contributed by atoms with E-state index in [4.69, 9.17) is 9.05 Å². The van der Waals surface area contributed by atoms with E-state index in [0.29, 0.717) is 5.30 Å². The van der Waals surface area contributed by atoms with Gasteiger partial charge in [0.25, 0.3) is 0 Å². The van der Waals surface area contributed by atoms with Crippen molar-refractivity contribution in [3.05, 3.63) is 127 Å². The Morgan fingerprint density at radius 3 is 1.37 bits per heavy atom. The van der Waals surface area contributed by atoms with Crippen LogP contribution in [0.4, 0.5) is 0 Å². The van der Waals surface area contributed by atoms with Crippen LogP contribution in [0.25, 0.3) is 73.7 Å². The van der Waals surface area contributed by atoms with Crippen molar-refractivity contribution in [2.24, 2.45) is 0 Å². The van der Waals surface area contributed by atoms with E-state index in [-0.39, 0.29) is 13.2 Å². The van der Waals surface area contributed by atoms with Gasteiger partial charge in [0.15, 0.2) is 0 Å². The lowest BCUT2D eigenvalue weighted by Crippen LogP contribution is -2.10. The van der Waals surface area contributed by atoms with Crippen LogP contribution in [0.15, 0.2) is 127 Å². The molecule has 0 aliphatic rings. The molecule has 0 atom stereocenters. The van der Waals surface area contributed by atoms with Crippen molar-refractivity contribution < 1.29 is 13.6 Å². The van der Waals surface area contributed by atoms with E-state index in [9.17, 15) is 4.57 Å². The zero-order valence-corrected chi connectivity index (χ0v) is 28.1. The third-order valence-corrected chi connectivity index (χ3v) is 13.2. The maximum atomic E-state index is 14.6. The Bertz CT molecular complexity index is 2340. The first-order chi connectivity index (χ1) is 22.6. The van der Waals surface area contributed by atoms with Crippen molar-refractivity contribution in [1.29, 1.82) is 0 Å². The highest BCUT2D eigenvalue weighted by Gasteiger charge is 2.34. The highest BCUT2D eigenvalue weighted by molar-refractivity contribution is 7.63. The second kappa shape index (κ2) is 11.9. The Morgan fingerprint density at radius 1 is 0.500 bits per heavy atom. The summed E-state index contributed by atoms with van der Waals surface area (Å²) in [6.07, 6.45) is 0. The molecule has 0 fully saturated rings. The summed E-state index contributed by atoms with van der Waals surface area (Å²) in [4.78, 5) is 4.19. The van der Waals surface area contributed by atoms with Crippen molar-refractivity contribution >= 4 is 78.7 Å². The zero-order valence-electron chi connectivity index (χ0n) is 25.5. The fraction of sp³-hybridized carbons (Fsp3) is 0.100. The molecule has 46 heavy (non-hydrogen) atoms. The Balaban J connectivity index is 1.39. The normalized spacial score (nSPS) is 12.1. The Morgan fingerprint density at radius 2 is 0.913 bits per heavy atom. The van der Waals surface area contributed by atoms with Gasteiger partial charge in [-0.15, -0.1) is 22.7 Å². The molecule has 0 radical (unpaired) electrons. The maximum Gasteiger partial charge on any atom is 0.362 e. The molecule has 0 amide bonds. The standard InChI is InChI=1S/C40H31O3PS2/c1-3-42-44(41,43-4-2)34-25-37(39-32-19-11-7-15-28(32)24-29-16-8-12-20-33(29)39)46-40(34)36-22-21-35(45-36)38-30-17-9-5-13-26(30)23-27-14-6-10-18-31(27)38/h5-25H,3-4H2,1-2H3. The average Bonchev–Trinajstić information content (AvgIpc) is 3.75. The summed E-state index contributed by atoms with van der Waals surface area (Å²) < 4.78 is 26.6. The molecule has 0 N–H and O–H groups in total. The molecule has 8 aromatic rings. The quantitative estimate of drug-likeness (QED) is 0.121. The lowest BCUT2D eigenvalue weighted by Gasteiger charge is -2.17. The Labute approximate surface area is 276 Å². The zero-order chi connectivity index (χ0) is 31.3. The minimum atomic E-state index is -3.62. The van der Waals surface area contributed by atoms with Crippen LogP contribution < -0.4 is 5.30 Å². The van der Waals surface area contributed by atoms with E-state index in [1.807, 2.05) is 13.8 Å². The molecule has 6 aromatic carbocycles. The molecular weight excluding hydrogens is 624 g/mol. The summed E-state index contributed by atoms with van der Waals surface area (Å²) >= 11 is 3.40. The lowest BCUT2D eigenvalue weighted by molar-refractivity contribution is 0.230. The van der Waals surface area contributed by atoms with Gasteiger partial charge in [-0.1, -0.05) is 97.1 Å². The molecule has 0 bridgehead atoms. The molecule has 6 heteroatoms. The molecule has 0 spiro atoms. The number of thiophene rings is 2. The van der Waals surface area contributed by atoms with Gasteiger partial charge in [-0.25, -0.2) is 0 Å². The van der Waals surface area contributed by atoms with E-state index in [0.717, 1.165) is 31.0 Å². The van der Waals surface area contributed by atoms with Crippen molar-refractivity contribution in [2.75, 3.05) is 13.2 Å². The predicted octanol–water partition coefficient (Wildman–Crippen LogP) is 12.3. The monoisotopic (exact) mass is 654 g/mol. The molecule has 0 saturated carbocycles. The van der Waals surface area contributed by atoms with Gasteiger partial charge in [-0.2, -0.15) is 0 Å². The molecule has 226 valence electrons. The fourth-order valence-corrected chi connectivity index (χ4v) is 11.2. The van der Waals surface area contributed by atoms with Crippen LogP contribution in [0.2, 0.25) is 0 Å². The van der Waals surface area contributed by atoms with Crippen LogP contribution in [-0.4, -0.2) is 13.2 Å². The van der Waals surface area contributed by atoms with Gasteiger partial charge in [-0.3, -0.25) is 4.57 Å². The largest absolute Gasteiger partial charge is 0.362 e. The number of benzene rings is 6. The first-order valence-electron chi connectivity index (χ1n) is 15.5. The minimum Gasteiger partial charge on any atom is -0.305 e. The van der Waals surface area contributed by atoms with E-state index in [1.165, 1.54) is 42.8 Å². The summed E-state index contributed by atoms with van der Waals surface area (Å²) in [5.41, 5.74) is 2.36. The number of rotatable bonds is 8. The van der Waals surface area contributed by atoms with Crippen molar-refractivity contribution in [3.63, 3.8) is 0 Å². The summed E-state index contributed by atoms with van der Waals surface area (Å²) in [5, 5.41) is 10.2. The molecular formula is C40H31O3PS2. The van der Waals surface area contributed by atoms with Crippen LogP contribution in [0.1, 0.15) is 13.8 Å². The second-order valence-corrected chi connectivity index (χ2v) is 15.3. The maximum absolute atomic E-state index is 14.6. The van der Waals surface area contributed by atoms with Crippen molar-refractivity contribution in [2.45, 2.75) is 13.8 Å². The highest BCUT2D eigenvalue weighted by atomic mass is 32.1. The molecule has 0 aliphatic carbocycles. The topological polar surface area (TPSA) is 35.5 Å². The van der Waals surface area contributed by atoms with Crippen LogP contribution in [-0.2, 0) is 13.6 Å². The molecule has 0 aliphatic heterocycles. The summed E-state index contributed by atoms with van der Waals surface area (Å²) in [5.74, 6) is 0. The van der Waals surface area contributed by atoms with Crippen LogP contribution in [0, 0.1) is 0 Å². The predicted molar refractivity (Wildman–Crippen MR) is 199 cm³/mol. The van der Waals surface area contributed by atoms with Crippen LogP contribution >= 0.6 is 30.3 Å². The third-order valence-electron chi connectivity index (χ3n) is 8.47. The fourth-order valence-electron chi connectivity index (χ4n) is 6.55. The smallest absolute Gasteiger partial charge is 0.305 e. The van der Waals surface area contributed by atoms with Gasteiger partial charge in [0, 0.05) is 25.8 Å². The molecule has 3 nitrogen and oxygen atoms in total. The average molecular weight is 655 g/mol. The number of fused-ring (bicyclic) bond motifs is 4. The van der Waals surface area contributed by atoms with E-state index in [2.05, 4.69) is 127 Å². The van der Waals surface area contributed by atoms with E-state index in [1.54, 1.807) is 22.7 Å². The van der Waals surface area contributed by atoms with Gasteiger partial charge in [0.05, 0.1) is 23.4 Å². The van der Waals surface area contributed by atoms with Crippen molar-refractivity contribution in [3.8, 4) is 30.6 Å². The van der Waals surface area contributed by atoms with Crippen molar-refractivity contribution in [1.82, 2.24) is 0 Å². The van der Waals surface area contributed by atoms with E-state index < -0.39 is 7.60 Å². The van der Waals surface area contributed by atoms with Crippen LogP contribution in [0.5, 0.6) is 0 Å². The summed E-state index contributed by atoms with van der Waals surface area (Å²) in [6, 6.07) is 45.1. The number of hydrogen-bond donors (Lipinski definition) is 0. The molecule has 8 rings (SSSR count). The molecule has 2 heterocycles. The van der Waals surface area contributed by atoms with Gasteiger partial charge in [-0.05, 0) is 87.3 Å². The van der Waals surface area contributed by atoms with Gasteiger partial charge in [0.2, 0.25) is 0 Å². The second-order valence-electron chi connectivity index (χ2n) is 11.2. The minimum absolute atomic E-state index is 0.288. The first kappa shape index (κ1) is 29.3. The summed E-state index contributed by atoms with van der Waals surface area (Å²) in [6.45, 7) is 4.31. The van der Waals surface area contributed by atoms with E-state index >= 15 is 0 Å². The Hall–Kier alpha value is -4.09. The highest BCUT2D eigenvalue weighted by Crippen LogP contribution is 2.54. The summed E-state index contributed by atoms with van der Waals surface area (Å²) in [7, 11) is -3.62. The lowest BCUT2D eigenvalue weighted by atomic mass is 9.96. The SMILES string of the molecule is CCOP(=O)(OCC)c1cc(-c2c3ccccc3cc3ccccc23)sc1-c1ccc(-c2c3ccccc3cc3ccccc23)s1. The van der Waals surface area contributed by atoms with Gasteiger partial charge in [0.1, 0.15) is 0 Å². The molecule has 0 unspecified atom stereocenters. The molecule has 2 aromatic heterocycles. The number of hydrogen-bond acceptors (Lipinski definition) is 5. The molecule has 0 saturated heterocycles. The van der Waals surface area contributed by atoms with Crippen LogP contribution in [0.3, 0.4) is 0 Å². The Kier molecular flexibility index (Phi) is 7.60. The van der Waals surface area contributed by atoms with Gasteiger partial charge < -0.3 is 9.05 Å². The first-order valence-corrected chi connectivity index (χ1v) is 18.7. The third kappa shape index (κ3) is 4.91.